The van der Waals surface area contributed by atoms with Gasteiger partial charge in [0.05, 0.1) is 11.7 Å². The fourth-order valence-electron chi connectivity index (χ4n) is 3.63. The lowest BCUT2D eigenvalue weighted by Crippen LogP contribution is -2.40. The first-order valence-electron chi connectivity index (χ1n) is 9.52. The zero-order chi connectivity index (χ0) is 20.3. The second-order valence-electron chi connectivity index (χ2n) is 6.99. The summed E-state index contributed by atoms with van der Waals surface area (Å²) in [5.74, 6) is 0.362. The van der Waals surface area contributed by atoms with Crippen LogP contribution in [0.5, 0.6) is 0 Å². The van der Waals surface area contributed by atoms with Gasteiger partial charge in [0.25, 0.3) is 0 Å². The van der Waals surface area contributed by atoms with Gasteiger partial charge in [0.15, 0.2) is 5.82 Å². The van der Waals surface area contributed by atoms with Crippen molar-refractivity contribution in [1.29, 1.82) is 0 Å². The second-order valence-corrected chi connectivity index (χ2v) is 9.08. The second kappa shape index (κ2) is 8.39. The summed E-state index contributed by atoms with van der Waals surface area (Å²) in [5.41, 5.74) is 0.654. The van der Waals surface area contributed by atoms with E-state index in [1.54, 1.807) is 37.0 Å². The molecular weight excluding hydrogens is 382 g/mol. The van der Waals surface area contributed by atoms with E-state index in [1.165, 1.54) is 4.31 Å². The number of nitrogens with zero attached hydrogens (tertiary/aromatic N) is 6. The van der Waals surface area contributed by atoms with Gasteiger partial charge in [0, 0.05) is 45.1 Å². The maximum Gasteiger partial charge on any atom is 0.225 e. The number of aromatic nitrogens is 4. The molecule has 1 aliphatic rings. The molecule has 1 fully saturated rings. The van der Waals surface area contributed by atoms with Crippen LogP contribution < -0.4 is 10.2 Å². The molecule has 0 aliphatic carbocycles. The van der Waals surface area contributed by atoms with Crippen molar-refractivity contribution in [2.75, 3.05) is 43.4 Å². The Morgan fingerprint density at radius 3 is 2.79 bits per heavy atom. The average molecular weight is 410 g/mol. The predicted molar refractivity (Wildman–Crippen MR) is 105 cm³/mol. The molecule has 10 nitrogen and oxygen atoms in total. The average Bonchev–Trinajstić information content (AvgIpc) is 3.28. The first-order valence-corrected chi connectivity index (χ1v) is 11.1. The van der Waals surface area contributed by atoms with E-state index in [4.69, 9.17) is 0 Å². The molecule has 1 amide bonds. The highest BCUT2D eigenvalue weighted by molar-refractivity contribution is 7.89. The van der Waals surface area contributed by atoms with Crippen molar-refractivity contribution in [3.05, 3.63) is 18.7 Å². The molecule has 1 N–H and O–H groups in total. The molecule has 3 heterocycles. The molecule has 28 heavy (non-hydrogen) atoms. The van der Waals surface area contributed by atoms with Gasteiger partial charge >= 0.3 is 0 Å². The Labute approximate surface area is 165 Å². The minimum absolute atomic E-state index is 0.0914. The van der Waals surface area contributed by atoms with Crippen molar-refractivity contribution in [2.24, 2.45) is 11.8 Å². The molecular formula is C17H27N7O3S. The van der Waals surface area contributed by atoms with Gasteiger partial charge in [-0.05, 0) is 5.92 Å². The van der Waals surface area contributed by atoms with E-state index in [-0.39, 0.29) is 30.0 Å². The molecule has 11 heteroatoms. The summed E-state index contributed by atoms with van der Waals surface area (Å²) in [6.07, 6.45) is 5.07. The smallest absolute Gasteiger partial charge is 0.225 e. The number of hydrogen-bond donors (Lipinski definition) is 1. The van der Waals surface area contributed by atoms with Crippen LogP contribution in [0.15, 0.2) is 18.7 Å². The number of rotatable bonds is 8. The summed E-state index contributed by atoms with van der Waals surface area (Å²) in [6.45, 7) is 7.78. The molecule has 1 aliphatic heterocycles. The van der Waals surface area contributed by atoms with E-state index in [9.17, 15) is 13.2 Å². The quantitative estimate of drug-likeness (QED) is 0.652. The Kier molecular flexibility index (Phi) is 6.14. The molecule has 0 aromatic carbocycles. The van der Waals surface area contributed by atoms with Crippen molar-refractivity contribution >= 4 is 27.4 Å². The van der Waals surface area contributed by atoms with Gasteiger partial charge < -0.3 is 10.2 Å². The zero-order valence-corrected chi connectivity index (χ0v) is 17.3. The number of sulfonamides is 1. The monoisotopic (exact) mass is 409 g/mol. The normalized spacial score (nSPS) is 20.2. The van der Waals surface area contributed by atoms with E-state index >= 15 is 0 Å². The Morgan fingerprint density at radius 2 is 2.07 bits per heavy atom. The van der Waals surface area contributed by atoms with E-state index < -0.39 is 10.0 Å². The third-order valence-electron chi connectivity index (χ3n) is 5.20. The molecule has 0 saturated carbocycles. The first-order chi connectivity index (χ1) is 13.4. The van der Waals surface area contributed by atoms with Crippen LogP contribution >= 0.6 is 0 Å². The van der Waals surface area contributed by atoms with Crippen LogP contribution in [-0.4, -0.2) is 76.7 Å². The number of hydrogen-bond acceptors (Lipinski definition) is 7. The first kappa shape index (κ1) is 20.5. The van der Waals surface area contributed by atoms with Gasteiger partial charge in [0.2, 0.25) is 21.6 Å². The molecule has 0 unspecified atom stereocenters. The van der Waals surface area contributed by atoms with Crippen molar-refractivity contribution in [3.8, 4) is 0 Å². The number of anilines is 1. The largest absolute Gasteiger partial charge is 0.355 e. The van der Waals surface area contributed by atoms with E-state index in [0.717, 1.165) is 0 Å². The van der Waals surface area contributed by atoms with Gasteiger partial charge in [-0.15, -0.1) is 10.2 Å². The van der Waals surface area contributed by atoms with Crippen molar-refractivity contribution in [3.63, 3.8) is 0 Å². The summed E-state index contributed by atoms with van der Waals surface area (Å²) in [4.78, 5) is 19.1. The Balaban J connectivity index is 1.60. The fourth-order valence-corrected chi connectivity index (χ4v) is 5.03. The Hall–Kier alpha value is -2.27. The topological polar surface area (TPSA) is 113 Å². The van der Waals surface area contributed by atoms with Crippen molar-refractivity contribution < 1.29 is 13.2 Å². The Bertz CT molecular complexity index is 926. The number of carbonyl (C=O) groups excluding carboxylic acids is 1. The Morgan fingerprint density at radius 1 is 1.32 bits per heavy atom. The van der Waals surface area contributed by atoms with Crippen LogP contribution in [0, 0.1) is 11.8 Å². The molecule has 1 saturated heterocycles. The zero-order valence-electron chi connectivity index (χ0n) is 16.4. The lowest BCUT2D eigenvalue weighted by Gasteiger charge is -2.19. The molecule has 2 aromatic rings. The number of carbonyl (C=O) groups is 1. The summed E-state index contributed by atoms with van der Waals surface area (Å²) in [6, 6.07) is 0. The maximum atomic E-state index is 12.6. The van der Waals surface area contributed by atoms with Crippen LogP contribution in [-0.2, 0) is 14.8 Å². The SMILES string of the molecule is CCN(CC)S(=O)(=O)CCNC(=O)[C@H]1CN(c2nccn3cnnc23)C[C@@H]1C. The summed E-state index contributed by atoms with van der Waals surface area (Å²) in [5, 5.41) is 10.8. The van der Waals surface area contributed by atoms with E-state index in [2.05, 4.69) is 20.5 Å². The number of nitrogens with one attached hydrogen (secondary N) is 1. The minimum atomic E-state index is -3.35. The highest BCUT2D eigenvalue weighted by Gasteiger charge is 2.36. The van der Waals surface area contributed by atoms with E-state index in [0.29, 0.717) is 37.6 Å². The lowest BCUT2D eigenvalue weighted by atomic mass is 9.97. The van der Waals surface area contributed by atoms with E-state index in [1.807, 2.05) is 11.8 Å². The van der Waals surface area contributed by atoms with Gasteiger partial charge in [-0.2, -0.15) is 0 Å². The highest BCUT2D eigenvalue weighted by atomic mass is 32.2. The standard InChI is InChI=1S/C17H27N7O3S/c1-4-24(5-2)28(26,27)9-7-19-17(25)14-11-23(10-13(14)3)15-16-21-20-12-22(16)8-6-18-15/h6,8,12-14H,4-5,7,9-11H2,1-3H3,(H,19,25)/t13-,14-/m0/s1. The van der Waals surface area contributed by atoms with Crippen LogP contribution in [0.2, 0.25) is 0 Å². The van der Waals surface area contributed by atoms with Crippen LogP contribution in [0.3, 0.4) is 0 Å². The van der Waals surface area contributed by atoms with Crippen LogP contribution in [0.1, 0.15) is 20.8 Å². The summed E-state index contributed by atoms with van der Waals surface area (Å²) < 4.78 is 27.7. The molecule has 154 valence electrons. The van der Waals surface area contributed by atoms with Crippen LogP contribution in [0.25, 0.3) is 5.65 Å². The summed E-state index contributed by atoms with van der Waals surface area (Å²) >= 11 is 0. The lowest BCUT2D eigenvalue weighted by molar-refractivity contribution is -0.125. The fraction of sp³-hybridized carbons (Fsp3) is 0.647. The summed E-state index contributed by atoms with van der Waals surface area (Å²) in [7, 11) is -3.35. The minimum Gasteiger partial charge on any atom is -0.355 e. The van der Waals surface area contributed by atoms with Crippen molar-refractivity contribution in [2.45, 2.75) is 20.8 Å². The molecule has 0 spiro atoms. The van der Waals surface area contributed by atoms with Gasteiger partial charge in [0.1, 0.15) is 6.33 Å². The highest BCUT2D eigenvalue weighted by Crippen LogP contribution is 2.28. The van der Waals surface area contributed by atoms with Crippen LogP contribution in [0.4, 0.5) is 5.82 Å². The van der Waals surface area contributed by atoms with Gasteiger partial charge in [-0.25, -0.2) is 17.7 Å². The third-order valence-corrected chi connectivity index (χ3v) is 7.23. The van der Waals surface area contributed by atoms with Gasteiger partial charge in [-0.3, -0.25) is 9.20 Å². The molecule has 2 atom stereocenters. The third kappa shape index (κ3) is 4.09. The number of fused-ring (bicyclic) bond motifs is 1. The molecule has 2 aromatic heterocycles. The predicted octanol–water partition coefficient (Wildman–Crippen LogP) is -0.0156. The molecule has 0 radical (unpaired) electrons. The maximum absolute atomic E-state index is 12.6. The number of amides is 1. The molecule has 3 rings (SSSR count). The molecule has 0 bridgehead atoms. The van der Waals surface area contributed by atoms with Gasteiger partial charge in [-0.1, -0.05) is 20.8 Å². The van der Waals surface area contributed by atoms with Crippen molar-refractivity contribution in [1.82, 2.24) is 29.2 Å².